The van der Waals surface area contributed by atoms with Gasteiger partial charge in [0.15, 0.2) is 11.6 Å². The van der Waals surface area contributed by atoms with Crippen LogP contribution in [0, 0.1) is 11.6 Å². The topological polar surface area (TPSA) is 76.7 Å². The lowest BCUT2D eigenvalue weighted by atomic mass is 10.1. The smallest absolute Gasteiger partial charge is 0.367 e. The van der Waals surface area contributed by atoms with E-state index in [2.05, 4.69) is 16.0 Å². The van der Waals surface area contributed by atoms with Crippen LogP contribution in [-0.4, -0.2) is 79.7 Å². The highest BCUT2D eigenvalue weighted by Crippen LogP contribution is 2.31. The quantitative estimate of drug-likeness (QED) is 0.391. The number of rotatable bonds is 8. The number of carbonyl (C=O) groups excluding carboxylic acids is 2. The van der Waals surface area contributed by atoms with E-state index in [1.165, 1.54) is 18.2 Å². The molecule has 0 spiro atoms. The third kappa shape index (κ3) is 7.99. The second-order valence-electron chi connectivity index (χ2n) is 9.51. The molecule has 2 saturated heterocycles. The lowest BCUT2D eigenvalue weighted by Crippen LogP contribution is -2.48. The molecular formula is C26H29ClF5N5O2S. The van der Waals surface area contributed by atoms with Gasteiger partial charge in [-0.25, -0.2) is 8.78 Å². The first-order valence-electron chi connectivity index (χ1n) is 12.7. The lowest BCUT2D eigenvalue weighted by Gasteiger charge is -2.37. The van der Waals surface area contributed by atoms with Crippen molar-refractivity contribution in [2.24, 2.45) is 0 Å². The Kier molecular flexibility index (Phi) is 10.1. The molecule has 40 heavy (non-hydrogen) atoms. The Balaban J connectivity index is 1.40. The van der Waals surface area contributed by atoms with Crippen LogP contribution >= 0.6 is 23.4 Å². The van der Waals surface area contributed by atoms with Gasteiger partial charge in [0.25, 0.3) is 5.91 Å². The minimum atomic E-state index is -4.23. The molecule has 2 amide bonds. The van der Waals surface area contributed by atoms with Gasteiger partial charge in [-0.15, -0.1) is 0 Å². The molecule has 7 nitrogen and oxygen atoms in total. The fraction of sp³-hybridized carbons (Fsp3) is 0.462. The zero-order chi connectivity index (χ0) is 28.9. The second-order valence-corrected chi connectivity index (χ2v) is 11.1. The van der Waals surface area contributed by atoms with Gasteiger partial charge >= 0.3 is 6.18 Å². The van der Waals surface area contributed by atoms with Crippen molar-refractivity contribution in [1.82, 2.24) is 15.5 Å². The van der Waals surface area contributed by atoms with Crippen LogP contribution < -0.4 is 20.9 Å². The van der Waals surface area contributed by atoms with Crippen LogP contribution in [0.1, 0.15) is 22.3 Å². The lowest BCUT2D eigenvalue weighted by molar-refractivity contribution is -0.138. The maximum atomic E-state index is 14.9. The summed E-state index contributed by atoms with van der Waals surface area (Å²) in [5, 5.41) is 8.63. The third-order valence-electron chi connectivity index (χ3n) is 6.73. The minimum Gasteiger partial charge on any atom is -0.367 e. The first-order chi connectivity index (χ1) is 19.0. The largest absolute Gasteiger partial charge is 0.390 e. The van der Waals surface area contributed by atoms with Crippen molar-refractivity contribution in [3.63, 3.8) is 0 Å². The molecule has 2 aliphatic rings. The normalized spacial score (nSPS) is 18.4. The van der Waals surface area contributed by atoms with Crippen LogP contribution in [0.25, 0.3) is 0 Å². The van der Waals surface area contributed by atoms with Gasteiger partial charge in [-0.2, -0.15) is 24.9 Å². The number of hydrogen-bond donors (Lipinski definition) is 3. The summed E-state index contributed by atoms with van der Waals surface area (Å²) in [4.78, 5) is 28.8. The van der Waals surface area contributed by atoms with E-state index in [9.17, 15) is 31.5 Å². The predicted molar refractivity (Wildman–Crippen MR) is 146 cm³/mol. The molecule has 1 atom stereocenters. The molecule has 2 aliphatic heterocycles. The number of nitrogens with zero attached hydrogens (tertiary/aromatic N) is 2. The number of carbonyl (C=O) groups is 2. The van der Waals surface area contributed by atoms with Crippen molar-refractivity contribution in [1.29, 1.82) is 0 Å². The third-order valence-corrected chi connectivity index (χ3v) is 8.03. The van der Waals surface area contributed by atoms with Gasteiger partial charge in [0.1, 0.15) is 0 Å². The number of piperazine rings is 1. The minimum absolute atomic E-state index is 0.0959. The summed E-state index contributed by atoms with van der Waals surface area (Å²) in [5.41, 5.74) is 0.204. The summed E-state index contributed by atoms with van der Waals surface area (Å²) < 4.78 is 67.5. The number of anilines is 2. The molecule has 0 unspecified atom stereocenters. The molecule has 2 heterocycles. The SMILES string of the molecule is O=C(Nc1ccc(Cl)cc1N1CCN(CCC(F)(F)F)CC1)c1ccc(CNC(=O)[C@@H]2CSCCN2)c(F)c1F. The first kappa shape index (κ1) is 30.4. The van der Waals surface area contributed by atoms with Crippen LogP contribution in [0.5, 0.6) is 0 Å². The van der Waals surface area contributed by atoms with E-state index in [1.54, 1.807) is 22.7 Å². The maximum absolute atomic E-state index is 14.9. The van der Waals surface area contributed by atoms with E-state index >= 15 is 0 Å². The number of thioether (sulfide) groups is 1. The average molecular weight is 606 g/mol. The van der Waals surface area contributed by atoms with E-state index in [0.29, 0.717) is 54.9 Å². The van der Waals surface area contributed by atoms with Crippen LogP contribution in [0.3, 0.4) is 0 Å². The molecule has 4 rings (SSSR count). The standard InChI is InChI=1S/C26H29ClF5N5O2S/c27-17-2-4-19(21(13-17)37-10-8-36(9-11-37)7-5-26(30,31)32)35-24(38)18-3-1-16(22(28)23(18)29)14-34-25(39)20-15-40-12-6-33-20/h1-4,13,20,33H,5-12,14-15H2,(H,34,39)(H,35,38)/t20-/m0/s1. The number of halogens is 6. The van der Waals surface area contributed by atoms with Crippen LogP contribution in [0.2, 0.25) is 5.02 Å². The zero-order valence-electron chi connectivity index (χ0n) is 21.4. The van der Waals surface area contributed by atoms with Crippen molar-refractivity contribution >= 4 is 46.6 Å². The van der Waals surface area contributed by atoms with Crippen molar-refractivity contribution < 1.29 is 31.5 Å². The maximum Gasteiger partial charge on any atom is 0.390 e. The predicted octanol–water partition coefficient (Wildman–Crippen LogP) is 4.27. The van der Waals surface area contributed by atoms with Crippen molar-refractivity contribution in [2.45, 2.75) is 25.2 Å². The van der Waals surface area contributed by atoms with Gasteiger partial charge < -0.3 is 20.9 Å². The van der Waals surface area contributed by atoms with Gasteiger partial charge in [-0.3, -0.25) is 14.5 Å². The van der Waals surface area contributed by atoms with Crippen molar-refractivity contribution in [2.75, 3.05) is 61.0 Å². The molecule has 2 fully saturated rings. The van der Waals surface area contributed by atoms with Crippen LogP contribution in [0.4, 0.5) is 33.3 Å². The molecule has 0 radical (unpaired) electrons. The molecule has 3 N–H and O–H groups in total. The number of amides is 2. The molecule has 0 aliphatic carbocycles. The first-order valence-corrected chi connectivity index (χ1v) is 14.3. The average Bonchev–Trinajstić information content (AvgIpc) is 2.94. The second kappa shape index (κ2) is 13.4. The van der Waals surface area contributed by atoms with Gasteiger partial charge in [0, 0.05) is 67.9 Å². The van der Waals surface area contributed by atoms with Crippen molar-refractivity contribution in [3.8, 4) is 0 Å². The van der Waals surface area contributed by atoms with Crippen LogP contribution in [0.15, 0.2) is 30.3 Å². The van der Waals surface area contributed by atoms with Gasteiger partial charge in [0.2, 0.25) is 5.91 Å². The fourth-order valence-corrected chi connectivity index (χ4v) is 5.60. The Morgan fingerprint density at radius 2 is 1.82 bits per heavy atom. The van der Waals surface area contributed by atoms with E-state index in [0.717, 1.165) is 11.8 Å². The summed E-state index contributed by atoms with van der Waals surface area (Å²) in [7, 11) is 0. The number of nitrogens with one attached hydrogen (secondary N) is 3. The molecule has 14 heteroatoms. The summed E-state index contributed by atoms with van der Waals surface area (Å²) >= 11 is 7.79. The Labute approximate surface area is 237 Å². The van der Waals surface area contributed by atoms with Gasteiger partial charge in [0.05, 0.1) is 29.4 Å². The highest BCUT2D eigenvalue weighted by Gasteiger charge is 2.29. The number of alkyl halides is 3. The molecular weight excluding hydrogens is 577 g/mol. The summed E-state index contributed by atoms with van der Waals surface area (Å²) in [6.07, 6.45) is -5.12. The molecule has 2 aromatic rings. The molecule has 2 aromatic carbocycles. The van der Waals surface area contributed by atoms with E-state index in [1.807, 2.05) is 4.90 Å². The highest BCUT2D eigenvalue weighted by molar-refractivity contribution is 7.99. The molecule has 0 bridgehead atoms. The molecule has 0 aromatic heterocycles. The van der Waals surface area contributed by atoms with Gasteiger partial charge in [-0.1, -0.05) is 17.7 Å². The Bertz CT molecular complexity index is 1220. The monoisotopic (exact) mass is 605 g/mol. The van der Waals surface area contributed by atoms with E-state index < -0.39 is 41.7 Å². The van der Waals surface area contributed by atoms with Crippen LogP contribution in [-0.2, 0) is 11.3 Å². The number of benzene rings is 2. The Morgan fingerprint density at radius 1 is 1.07 bits per heavy atom. The van der Waals surface area contributed by atoms with Crippen molar-refractivity contribution in [3.05, 3.63) is 58.1 Å². The Hall–Kier alpha value is -2.61. The van der Waals surface area contributed by atoms with Gasteiger partial charge in [-0.05, 0) is 24.3 Å². The highest BCUT2D eigenvalue weighted by atomic mass is 35.5. The zero-order valence-corrected chi connectivity index (χ0v) is 23.0. The number of hydrogen-bond acceptors (Lipinski definition) is 6. The summed E-state index contributed by atoms with van der Waals surface area (Å²) in [6, 6.07) is 6.65. The summed E-state index contributed by atoms with van der Waals surface area (Å²) in [6.45, 7) is 1.88. The van der Waals surface area contributed by atoms with E-state index in [4.69, 9.17) is 11.6 Å². The summed E-state index contributed by atoms with van der Waals surface area (Å²) in [5.74, 6) is -2.29. The Morgan fingerprint density at radius 3 is 2.50 bits per heavy atom. The molecule has 218 valence electrons. The van der Waals surface area contributed by atoms with E-state index in [-0.39, 0.29) is 24.6 Å². The fourth-order valence-electron chi connectivity index (χ4n) is 4.50. The molecule has 0 saturated carbocycles.